The molecule has 1 unspecified atom stereocenters. The standard InChI is InChI=1S/C21H24N4OS/c1-2-3-11-21(26,15-7-5-4-6-8-15)16-9-10-17-18(14-16)25(19(22)24-17)20-23-12-13-27-20/h4-10,14,26H,2-3,11-13H2,1H3,(H2,22,24). The molecule has 6 heteroatoms. The predicted molar refractivity (Wildman–Crippen MR) is 113 cm³/mol. The Balaban J connectivity index is 1.87. The fraction of sp³-hybridized carbons (Fsp3) is 0.333. The second-order valence-corrected chi connectivity index (χ2v) is 7.91. The highest BCUT2D eigenvalue weighted by molar-refractivity contribution is 8.14. The number of hydrogen-bond acceptors (Lipinski definition) is 5. The Morgan fingerprint density at radius 1 is 1.19 bits per heavy atom. The van der Waals surface area contributed by atoms with E-state index in [0.717, 1.165) is 52.5 Å². The first-order valence-electron chi connectivity index (χ1n) is 9.37. The molecule has 0 aliphatic carbocycles. The van der Waals surface area contributed by atoms with Crippen molar-refractivity contribution in [2.45, 2.75) is 31.8 Å². The van der Waals surface area contributed by atoms with Crippen LogP contribution in [-0.4, -0.2) is 32.1 Å². The van der Waals surface area contributed by atoms with Gasteiger partial charge in [0.1, 0.15) is 5.60 Å². The third-order valence-electron chi connectivity index (χ3n) is 5.06. The molecule has 1 aromatic heterocycles. The minimum Gasteiger partial charge on any atom is -0.380 e. The van der Waals surface area contributed by atoms with Crippen molar-refractivity contribution in [2.24, 2.45) is 4.99 Å². The van der Waals surface area contributed by atoms with Crippen LogP contribution < -0.4 is 5.73 Å². The molecule has 27 heavy (non-hydrogen) atoms. The van der Waals surface area contributed by atoms with E-state index in [1.807, 2.05) is 53.1 Å². The topological polar surface area (TPSA) is 76.4 Å². The lowest BCUT2D eigenvalue weighted by atomic mass is 9.82. The summed E-state index contributed by atoms with van der Waals surface area (Å²) in [5, 5.41) is 12.6. The van der Waals surface area contributed by atoms with Gasteiger partial charge in [0.2, 0.25) is 5.95 Å². The van der Waals surface area contributed by atoms with E-state index in [0.29, 0.717) is 12.4 Å². The highest BCUT2D eigenvalue weighted by atomic mass is 32.2. The van der Waals surface area contributed by atoms with Gasteiger partial charge >= 0.3 is 0 Å². The number of imidazole rings is 1. The summed E-state index contributed by atoms with van der Waals surface area (Å²) in [6, 6.07) is 15.8. The number of aromatic nitrogens is 2. The molecule has 0 bridgehead atoms. The average Bonchev–Trinajstić information content (AvgIpc) is 3.32. The van der Waals surface area contributed by atoms with Gasteiger partial charge in [-0.15, -0.1) is 0 Å². The zero-order valence-electron chi connectivity index (χ0n) is 15.4. The SMILES string of the molecule is CCCCC(O)(c1ccccc1)c1ccc2nc(N)n(C3=NCCS3)c2c1. The maximum atomic E-state index is 11.7. The summed E-state index contributed by atoms with van der Waals surface area (Å²) in [5.41, 5.74) is 8.61. The number of anilines is 1. The smallest absolute Gasteiger partial charge is 0.207 e. The molecule has 2 aromatic carbocycles. The van der Waals surface area contributed by atoms with E-state index in [1.165, 1.54) is 0 Å². The second-order valence-electron chi connectivity index (χ2n) is 6.85. The lowest BCUT2D eigenvalue weighted by Gasteiger charge is -2.29. The van der Waals surface area contributed by atoms with Gasteiger partial charge in [-0.2, -0.15) is 0 Å². The van der Waals surface area contributed by atoms with E-state index in [1.54, 1.807) is 11.8 Å². The Bertz CT molecular complexity index is 983. The number of benzene rings is 2. The molecule has 1 aliphatic rings. The van der Waals surface area contributed by atoms with E-state index < -0.39 is 5.60 Å². The number of hydrogen-bond donors (Lipinski definition) is 2. The number of nitrogen functional groups attached to an aromatic ring is 1. The first kappa shape index (κ1) is 18.1. The minimum atomic E-state index is -1.04. The van der Waals surface area contributed by atoms with Gasteiger partial charge in [-0.25, -0.2) is 4.98 Å². The van der Waals surface area contributed by atoms with Crippen LogP contribution in [0.5, 0.6) is 0 Å². The Hall–Kier alpha value is -2.31. The van der Waals surface area contributed by atoms with Crippen LogP contribution in [0.2, 0.25) is 0 Å². The molecule has 0 radical (unpaired) electrons. The zero-order valence-corrected chi connectivity index (χ0v) is 16.2. The van der Waals surface area contributed by atoms with Crippen molar-refractivity contribution in [1.29, 1.82) is 0 Å². The van der Waals surface area contributed by atoms with Crippen LogP contribution in [0.15, 0.2) is 53.5 Å². The van der Waals surface area contributed by atoms with E-state index >= 15 is 0 Å². The number of nitrogens with two attached hydrogens (primary N) is 1. The molecule has 140 valence electrons. The molecule has 1 atom stereocenters. The van der Waals surface area contributed by atoms with Crippen LogP contribution >= 0.6 is 11.8 Å². The normalized spacial score (nSPS) is 16.4. The van der Waals surface area contributed by atoms with Gasteiger partial charge < -0.3 is 10.8 Å². The molecule has 0 amide bonds. The van der Waals surface area contributed by atoms with Gasteiger partial charge in [0, 0.05) is 5.75 Å². The summed E-state index contributed by atoms with van der Waals surface area (Å²) >= 11 is 1.68. The molecule has 5 nitrogen and oxygen atoms in total. The van der Waals surface area contributed by atoms with Gasteiger partial charge in [0.15, 0.2) is 5.17 Å². The molecular formula is C21H24N4OS. The number of aliphatic hydroxyl groups is 1. The first-order chi connectivity index (χ1) is 13.1. The molecular weight excluding hydrogens is 356 g/mol. The van der Waals surface area contributed by atoms with Crippen LogP contribution in [0.4, 0.5) is 5.95 Å². The van der Waals surface area contributed by atoms with Crippen LogP contribution in [0.25, 0.3) is 11.0 Å². The first-order valence-corrected chi connectivity index (χ1v) is 10.4. The largest absolute Gasteiger partial charge is 0.380 e. The third kappa shape index (κ3) is 3.24. The Morgan fingerprint density at radius 3 is 2.70 bits per heavy atom. The maximum Gasteiger partial charge on any atom is 0.207 e. The molecule has 0 saturated heterocycles. The molecule has 0 spiro atoms. The number of unbranched alkanes of at least 4 members (excludes halogenated alkanes) is 1. The van der Waals surface area contributed by atoms with Crippen molar-refractivity contribution in [2.75, 3.05) is 18.0 Å². The Morgan fingerprint density at radius 2 is 2.00 bits per heavy atom. The van der Waals surface area contributed by atoms with Crippen LogP contribution in [0.3, 0.4) is 0 Å². The Labute approximate surface area is 163 Å². The van der Waals surface area contributed by atoms with Crippen LogP contribution in [-0.2, 0) is 5.60 Å². The summed E-state index contributed by atoms with van der Waals surface area (Å²) in [6.45, 7) is 2.93. The van der Waals surface area contributed by atoms with E-state index in [4.69, 9.17) is 5.73 Å². The highest BCUT2D eigenvalue weighted by Crippen LogP contribution is 2.36. The summed E-state index contributed by atoms with van der Waals surface area (Å²) in [7, 11) is 0. The monoisotopic (exact) mass is 380 g/mol. The fourth-order valence-electron chi connectivity index (χ4n) is 3.61. The third-order valence-corrected chi connectivity index (χ3v) is 6.02. The molecule has 2 heterocycles. The van der Waals surface area contributed by atoms with Crippen molar-refractivity contribution < 1.29 is 5.11 Å². The summed E-state index contributed by atoms with van der Waals surface area (Å²) in [5.74, 6) is 1.39. The van der Waals surface area contributed by atoms with Crippen molar-refractivity contribution in [3.63, 3.8) is 0 Å². The van der Waals surface area contributed by atoms with Crippen molar-refractivity contribution in [3.8, 4) is 0 Å². The van der Waals surface area contributed by atoms with E-state index in [9.17, 15) is 5.11 Å². The van der Waals surface area contributed by atoms with Gasteiger partial charge in [-0.1, -0.05) is 67.9 Å². The van der Waals surface area contributed by atoms with Gasteiger partial charge in [0.05, 0.1) is 17.6 Å². The number of nitrogens with zero attached hydrogens (tertiary/aromatic N) is 3. The fourth-order valence-corrected chi connectivity index (χ4v) is 4.48. The van der Waals surface area contributed by atoms with Gasteiger partial charge in [-0.05, 0) is 29.7 Å². The van der Waals surface area contributed by atoms with Crippen LogP contribution in [0, 0.1) is 0 Å². The quantitative estimate of drug-likeness (QED) is 0.701. The summed E-state index contributed by atoms with van der Waals surface area (Å²) in [4.78, 5) is 9.03. The lowest BCUT2D eigenvalue weighted by molar-refractivity contribution is 0.0686. The van der Waals surface area contributed by atoms with Crippen LogP contribution in [0.1, 0.15) is 37.3 Å². The van der Waals surface area contributed by atoms with E-state index in [-0.39, 0.29) is 0 Å². The molecule has 1 aliphatic heterocycles. The van der Waals surface area contributed by atoms with Gasteiger partial charge in [-0.3, -0.25) is 9.56 Å². The Kier molecular flexibility index (Phi) is 4.93. The minimum absolute atomic E-state index is 0.437. The molecule has 0 saturated carbocycles. The molecule has 3 N–H and O–H groups in total. The lowest BCUT2D eigenvalue weighted by Crippen LogP contribution is -2.27. The zero-order chi connectivity index (χ0) is 18.9. The number of fused-ring (bicyclic) bond motifs is 1. The van der Waals surface area contributed by atoms with Crippen molar-refractivity contribution in [1.82, 2.24) is 9.55 Å². The highest BCUT2D eigenvalue weighted by Gasteiger charge is 2.31. The maximum absolute atomic E-state index is 11.7. The van der Waals surface area contributed by atoms with Crippen molar-refractivity contribution in [3.05, 3.63) is 59.7 Å². The van der Waals surface area contributed by atoms with E-state index in [2.05, 4.69) is 16.9 Å². The number of rotatable bonds is 5. The molecule has 0 fully saturated rings. The predicted octanol–water partition coefficient (Wildman–Crippen LogP) is 4.00. The number of aliphatic imine (C=N–C) groups is 1. The molecule has 3 aromatic rings. The van der Waals surface area contributed by atoms with Crippen molar-refractivity contribution >= 4 is 33.9 Å². The summed E-state index contributed by atoms with van der Waals surface area (Å²) in [6.07, 6.45) is 2.63. The second kappa shape index (κ2) is 7.37. The average molecular weight is 381 g/mol. The molecule has 4 rings (SSSR count). The summed E-state index contributed by atoms with van der Waals surface area (Å²) < 4.78 is 1.90. The van der Waals surface area contributed by atoms with Gasteiger partial charge in [0.25, 0.3) is 0 Å². The number of thioether (sulfide) groups is 1.